The summed E-state index contributed by atoms with van der Waals surface area (Å²) in [6, 6.07) is 7.44. The average molecular weight is 244 g/mol. The monoisotopic (exact) mass is 243 g/mol. The van der Waals surface area contributed by atoms with Gasteiger partial charge >= 0.3 is 0 Å². The van der Waals surface area contributed by atoms with Crippen molar-refractivity contribution in [1.82, 2.24) is 0 Å². The molecule has 0 aliphatic carbocycles. The van der Waals surface area contributed by atoms with Gasteiger partial charge in [0.05, 0.1) is 6.54 Å². The van der Waals surface area contributed by atoms with E-state index in [-0.39, 0.29) is 6.54 Å². The second-order valence-corrected chi connectivity index (χ2v) is 3.71. The Hall–Kier alpha value is -0.610. The van der Waals surface area contributed by atoms with Crippen molar-refractivity contribution in [3.05, 3.63) is 34.9 Å². The molecule has 16 heavy (non-hydrogen) atoms. The summed E-state index contributed by atoms with van der Waals surface area (Å²) in [5.74, 6) is -0.929. The van der Waals surface area contributed by atoms with Crippen molar-refractivity contribution in [2.45, 2.75) is 19.6 Å². The number of rotatable bonds is 6. The Labute approximate surface area is 101 Å². The van der Waals surface area contributed by atoms with E-state index >= 15 is 0 Å². The van der Waals surface area contributed by atoms with Gasteiger partial charge in [-0.05, 0) is 19.9 Å². The Kier molecular flexibility index (Phi) is 5.22. The zero-order chi connectivity index (χ0) is 12.0. The summed E-state index contributed by atoms with van der Waals surface area (Å²) >= 11 is 6.14. The summed E-state index contributed by atoms with van der Waals surface area (Å²) in [5.41, 5.74) is 6.55. The van der Waals surface area contributed by atoms with E-state index in [9.17, 15) is 0 Å². The largest absolute Gasteiger partial charge is 0.345 e. The van der Waals surface area contributed by atoms with Gasteiger partial charge in [-0.2, -0.15) is 0 Å². The van der Waals surface area contributed by atoms with Crippen molar-refractivity contribution in [3.8, 4) is 0 Å². The van der Waals surface area contributed by atoms with Gasteiger partial charge in [0, 0.05) is 23.8 Å². The summed E-state index contributed by atoms with van der Waals surface area (Å²) in [7, 11) is 0. The second-order valence-electron chi connectivity index (χ2n) is 3.30. The van der Waals surface area contributed by atoms with Gasteiger partial charge in [0.15, 0.2) is 0 Å². The van der Waals surface area contributed by atoms with Crippen LogP contribution in [0.4, 0.5) is 0 Å². The molecule has 1 aromatic carbocycles. The normalized spacial score (nSPS) is 11.8. The molecule has 0 heterocycles. The highest BCUT2D eigenvalue weighted by Gasteiger charge is 2.34. The first-order valence-corrected chi connectivity index (χ1v) is 5.81. The van der Waals surface area contributed by atoms with Crippen LogP contribution in [0.3, 0.4) is 0 Å². The molecule has 0 fully saturated rings. The van der Waals surface area contributed by atoms with Crippen molar-refractivity contribution in [2.75, 3.05) is 19.8 Å². The van der Waals surface area contributed by atoms with Gasteiger partial charge in [0.2, 0.25) is 5.79 Å². The molecule has 0 radical (unpaired) electrons. The highest BCUT2D eigenvalue weighted by molar-refractivity contribution is 6.31. The van der Waals surface area contributed by atoms with E-state index in [0.29, 0.717) is 18.2 Å². The Morgan fingerprint density at radius 3 is 2.19 bits per heavy atom. The Morgan fingerprint density at radius 1 is 1.19 bits per heavy atom. The molecule has 0 aliphatic rings. The van der Waals surface area contributed by atoms with Crippen LogP contribution >= 0.6 is 11.6 Å². The molecule has 0 atom stereocenters. The predicted molar refractivity (Wildman–Crippen MR) is 65.4 cm³/mol. The Bertz CT molecular complexity index is 325. The molecule has 90 valence electrons. The molecule has 2 N–H and O–H groups in total. The van der Waals surface area contributed by atoms with Crippen LogP contribution in [0.25, 0.3) is 0 Å². The molecule has 0 saturated carbocycles. The summed E-state index contributed by atoms with van der Waals surface area (Å²) in [6.45, 7) is 5.07. The van der Waals surface area contributed by atoms with Crippen LogP contribution in [0.15, 0.2) is 24.3 Å². The van der Waals surface area contributed by atoms with Crippen LogP contribution in [0.2, 0.25) is 5.02 Å². The molecule has 0 aromatic heterocycles. The van der Waals surface area contributed by atoms with E-state index in [0.717, 1.165) is 5.56 Å². The van der Waals surface area contributed by atoms with Crippen LogP contribution in [-0.4, -0.2) is 19.8 Å². The number of nitrogens with two attached hydrogens (primary N) is 1. The lowest BCUT2D eigenvalue weighted by Crippen LogP contribution is -2.41. The average Bonchev–Trinajstić information content (AvgIpc) is 2.29. The summed E-state index contributed by atoms with van der Waals surface area (Å²) < 4.78 is 11.3. The van der Waals surface area contributed by atoms with Crippen molar-refractivity contribution in [3.63, 3.8) is 0 Å². The lowest BCUT2D eigenvalue weighted by molar-refractivity contribution is -0.235. The summed E-state index contributed by atoms with van der Waals surface area (Å²) in [6.07, 6.45) is 0. The molecule has 0 amide bonds. The molecule has 1 rings (SSSR count). The third kappa shape index (κ3) is 2.74. The fourth-order valence-corrected chi connectivity index (χ4v) is 1.94. The summed E-state index contributed by atoms with van der Waals surface area (Å²) in [5, 5.41) is 0.606. The van der Waals surface area contributed by atoms with E-state index in [1.54, 1.807) is 6.07 Å². The van der Waals surface area contributed by atoms with Crippen molar-refractivity contribution in [1.29, 1.82) is 0 Å². The van der Waals surface area contributed by atoms with Gasteiger partial charge in [-0.25, -0.2) is 0 Å². The number of hydrogen-bond acceptors (Lipinski definition) is 3. The highest BCUT2D eigenvalue weighted by Crippen LogP contribution is 2.31. The van der Waals surface area contributed by atoms with Gasteiger partial charge in [-0.15, -0.1) is 0 Å². The van der Waals surface area contributed by atoms with E-state index in [1.807, 2.05) is 32.0 Å². The fourth-order valence-electron chi connectivity index (χ4n) is 1.66. The fraction of sp³-hybridized carbons (Fsp3) is 0.500. The predicted octanol–water partition coefficient (Wildman–Crippen LogP) is 2.52. The van der Waals surface area contributed by atoms with E-state index in [2.05, 4.69) is 0 Å². The first kappa shape index (κ1) is 13.5. The van der Waals surface area contributed by atoms with Gasteiger partial charge in [-0.1, -0.05) is 29.8 Å². The Morgan fingerprint density at radius 2 is 1.75 bits per heavy atom. The lowest BCUT2D eigenvalue weighted by Gasteiger charge is -2.33. The molecule has 1 aromatic rings. The van der Waals surface area contributed by atoms with Gasteiger partial charge in [0.25, 0.3) is 0 Å². The maximum absolute atomic E-state index is 6.14. The molecule has 4 heteroatoms. The first-order chi connectivity index (χ1) is 7.70. The SMILES string of the molecule is CCOC(CN)(OCC)c1ccccc1Cl. The third-order valence-electron chi connectivity index (χ3n) is 2.31. The van der Waals surface area contributed by atoms with E-state index in [4.69, 9.17) is 26.8 Å². The van der Waals surface area contributed by atoms with Crippen molar-refractivity contribution < 1.29 is 9.47 Å². The molecule has 0 unspecified atom stereocenters. The van der Waals surface area contributed by atoms with Crippen LogP contribution in [0.1, 0.15) is 19.4 Å². The topological polar surface area (TPSA) is 44.5 Å². The number of halogens is 1. The van der Waals surface area contributed by atoms with Gasteiger partial charge < -0.3 is 15.2 Å². The third-order valence-corrected chi connectivity index (χ3v) is 2.64. The van der Waals surface area contributed by atoms with Crippen molar-refractivity contribution in [2.24, 2.45) is 5.73 Å². The van der Waals surface area contributed by atoms with Crippen LogP contribution in [-0.2, 0) is 15.3 Å². The van der Waals surface area contributed by atoms with E-state index < -0.39 is 5.79 Å². The van der Waals surface area contributed by atoms with Crippen LogP contribution in [0, 0.1) is 0 Å². The number of hydrogen-bond donors (Lipinski definition) is 1. The quantitative estimate of drug-likeness (QED) is 0.781. The van der Waals surface area contributed by atoms with E-state index in [1.165, 1.54) is 0 Å². The maximum atomic E-state index is 6.14. The summed E-state index contributed by atoms with van der Waals surface area (Å²) in [4.78, 5) is 0. The Balaban J connectivity index is 3.13. The van der Waals surface area contributed by atoms with Gasteiger partial charge in [-0.3, -0.25) is 0 Å². The number of ether oxygens (including phenoxy) is 2. The molecule has 0 bridgehead atoms. The highest BCUT2D eigenvalue weighted by atomic mass is 35.5. The van der Waals surface area contributed by atoms with Crippen LogP contribution < -0.4 is 5.73 Å². The van der Waals surface area contributed by atoms with Gasteiger partial charge in [0.1, 0.15) is 0 Å². The molecule has 0 saturated heterocycles. The molecular weight excluding hydrogens is 226 g/mol. The molecular formula is C12H18ClNO2. The standard InChI is InChI=1S/C12H18ClNO2/c1-3-15-12(9-14,16-4-2)10-7-5-6-8-11(10)13/h5-8H,3-4,9,14H2,1-2H3. The minimum absolute atomic E-state index is 0.235. The molecule has 0 aliphatic heterocycles. The maximum Gasteiger partial charge on any atom is 0.209 e. The molecule has 0 spiro atoms. The zero-order valence-electron chi connectivity index (χ0n) is 9.70. The second kappa shape index (κ2) is 6.21. The first-order valence-electron chi connectivity index (χ1n) is 5.43. The smallest absolute Gasteiger partial charge is 0.209 e. The number of benzene rings is 1. The minimum Gasteiger partial charge on any atom is -0.345 e. The van der Waals surface area contributed by atoms with Crippen molar-refractivity contribution >= 4 is 11.6 Å². The lowest BCUT2D eigenvalue weighted by atomic mass is 10.1. The minimum atomic E-state index is -0.929. The zero-order valence-corrected chi connectivity index (χ0v) is 10.5. The van der Waals surface area contributed by atoms with Crippen LogP contribution in [0.5, 0.6) is 0 Å². The molecule has 3 nitrogen and oxygen atoms in total.